The molecule has 1 aromatic rings. The fraction of sp³-hybridized carbons (Fsp3) is 0.500. The summed E-state index contributed by atoms with van der Waals surface area (Å²) in [5.41, 5.74) is 5.23. The van der Waals surface area contributed by atoms with Crippen molar-refractivity contribution in [1.29, 1.82) is 0 Å². The fourth-order valence-corrected chi connectivity index (χ4v) is 3.97. The number of halogens is 1. The summed E-state index contributed by atoms with van der Waals surface area (Å²) in [6.07, 6.45) is 1.85. The van der Waals surface area contributed by atoms with Crippen LogP contribution in [0.15, 0.2) is 23.1 Å². The minimum Gasteiger partial charge on any atom is -0.395 e. The molecule has 2 rings (SSSR count). The lowest BCUT2D eigenvalue weighted by Crippen LogP contribution is -2.39. The molecular formula is C12H17FN2O2S. The zero-order valence-electron chi connectivity index (χ0n) is 10.3. The van der Waals surface area contributed by atoms with Crippen molar-refractivity contribution < 1.29 is 12.8 Å². The minimum absolute atomic E-state index is 0.128. The largest absolute Gasteiger partial charge is 0.395 e. The summed E-state index contributed by atoms with van der Waals surface area (Å²) in [6, 6.07) is 3.88. The van der Waals surface area contributed by atoms with Gasteiger partial charge in [0.1, 0.15) is 10.7 Å². The Kier molecular flexibility index (Phi) is 3.59. The van der Waals surface area contributed by atoms with E-state index in [1.54, 1.807) is 0 Å². The third kappa shape index (κ3) is 2.35. The molecule has 1 aliphatic rings. The first-order chi connectivity index (χ1) is 8.43. The van der Waals surface area contributed by atoms with Gasteiger partial charge in [-0.2, -0.15) is 4.31 Å². The molecule has 0 saturated carbocycles. The van der Waals surface area contributed by atoms with Gasteiger partial charge < -0.3 is 5.73 Å². The highest BCUT2D eigenvalue weighted by Crippen LogP contribution is 2.27. The molecule has 4 nitrogen and oxygen atoms in total. The predicted octanol–water partition coefficient (Wildman–Crippen LogP) is 1.83. The van der Waals surface area contributed by atoms with Crippen LogP contribution in [-0.2, 0) is 10.0 Å². The van der Waals surface area contributed by atoms with Crippen molar-refractivity contribution >= 4 is 15.7 Å². The second kappa shape index (κ2) is 4.85. The van der Waals surface area contributed by atoms with Crippen molar-refractivity contribution in [3.8, 4) is 0 Å². The van der Waals surface area contributed by atoms with Crippen LogP contribution in [0.5, 0.6) is 0 Å². The van der Waals surface area contributed by atoms with Crippen LogP contribution in [0, 0.1) is 11.7 Å². The molecule has 1 saturated heterocycles. The number of sulfonamides is 1. The smallest absolute Gasteiger partial charge is 0.245 e. The van der Waals surface area contributed by atoms with E-state index in [1.165, 1.54) is 16.4 Å². The Bertz CT molecular complexity index is 545. The quantitative estimate of drug-likeness (QED) is 0.835. The molecular weight excluding hydrogens is 255 g/mol. The van der Waals surface area contributed by atoms with Crippen LogP contribution in [0.2, 0.25) is 0 Å². The number of nitrogen functional groups attached to an aromatic ring is 1. The van der Waals surface area contributed by atoms with E-state index in [0.717, 1.165) is 18.9 Å². The lowest BCUT2D eigenvalue weighted by atomic mass is 10.0. The third-order valence-corrected chi connectivity index (χ3v) is 5.17. The van der Waals surface area contributed by atoms with Crippen molar-refractivity contribution in [2.75, 3.05) is 18.8 Å². The Labute approximate surface area is 107 Å². The Morgan fingerprint density at radius 3 is 2.83 bits per heavy atom. The van der Waals surface area contributed by atoms with E-state index >= 15 is 0 Å². The number of nitrogens with two attached hydrogens (primary N) is 1. The van der Waals surface area contributed by atoms with Gasteiger partial charge in [-0.05, 0) is 30.9 Å². The van der Waals surface area contributed by atoms with Gasteiger partial charge in [0, 0.05) is 13.1 Å². The molecule has 1 aromatic carbocycles. The average Bonchev–Trinajstić information content (AvgIpc) is 2.32. The molecule has 0 aliphatic carbocycles. The molecule has 0 spiro atoms. The topological polar surface area (TPSA) is 63.4 Å². The van der Waals surface area contributed by atoms with E-state index in [4.69, 9.17) is 5.73 Å². The Morgan fingerprint density at radius 1 is 1.44 bits per heavy atom. The highest BCUT2D eigenvalue weighted by molar-refractivity contribution is 7.89. The molecule has 18 heavy (non-hydrogen) atoms. The molecule has 0 amide bonds. The minimum atomic E-state index is -3.68. The van der Waals surface area contributed by atoms with Crippen LogP contribution >= 0.6 is 0 Å². The Morgan fingerprint density at radius 2 is 2.17 bits per heavy atom. The van der Waals surface area contributed by atoms with Crippen LogP contribution in [0.1, 0.15) is 19.8 Å². The maximum absolute atomic E-state index is 13.3. The van der Waals surface area contributed by atoms with Gasteiger partial charge in [-0.1, -0.05) is 13.0 Å². The SMILES string of the molecule is CC1CCCN(S(=O)(=O)c2cccc(F)c2N)C1. The number of hydrogen-bond donors (Lipinski definition) is 1. The Balaban J connectivity index is 2.39. The molecule has 6 heteroatoms. The maximum Gasteiger partial charge on any atom is 0.245 e. The van der Waals surface area contributed by atoms with Crippen molar-refractivity contribution in [1.82, 2.24) is 4.31 Å². The van der Waals surface area contributed by atoms with Crippen LogP contribution in [0.3, 0.4) is 0 Å². The van der Waals surface area contributed by atoms with Crippen LogP contribution in [0.25, 0.3) is 0 Å². The van der Waals surface area contributed by atoms with Gasteiger partial charge in [-0.3, -0.25) is 0 Å². The predicted molar refractivity (Wildman–Crippen MR) is 68.0 cm³/mol. The van der Waals surface area contributed by atoms with E-state index in [0.29, 0.717) is 19.0 Å². The van der Waals surface area contributed by atoms with Gasteiger partial charge in [0.25, 0.3) is 0 Å². The third-order valence-electron chi connectivity index (χ3n) is 3.25. The maximum atomic E-state index is 13.3. The summed E-state index contributed by atoms with van der Waals surface area (Å²) >= 11 is 0. The van der Waals surface area contributed by atoms with Crippen molar-refractivity contribution in [2.24, 2.45) is 5.92 Å². The van der Waals surface area contributed by atoms with E-state index in [1.807, 2.05) is 6.92 Å². The Hall–Kier alpha value is -1.14. The van der Waals surface area contributed by atoms with E-state index in [-0.39, 0.29) is 10.6 Å². The first-order valence-corrected chi connectivity index (χ1v) is 7.41. The molecule has 2 N–H and O–H groups in total. The zero-order chi connectivity index (χ0) is 13.3. The highest BCUT2D eigenvalue weighted by Gasteiger charge is 2.30. The number of hydrogen-bond acceptors (Lipinski definition) is 3. The molecule has 0 radical (unpaired) electrons. The average molecular weight is 272 g/mol. The molecule has 1 heterocycles. The lowest BCUT2D eigenvalue weighted by molar-refractivity contribution is 0.281. The highest BCUT2D eigenvalue weighted by atomic mass is 32.2. The zero-order valence-corrected chi connectivity index (χ0v) is 11.1. The van der Waals surface area contributed by atoms with Gasteiger partial charge in [0.15, 0.2) is 0 Å². The standard InChI is InChI=1S/C12H17FN2O2S/c1-9-4-3-7-15(8-9)18(16,17)11-6-2-5-10(13)12(11)14/h2,5-6,9H,3-4,7-8,14H2,1H3. The van der Waals surface area contributed by atoms with Gasteiger partial charge in [-0.15, -0.1) is 0 Å². The number of rotatable bonds is 2. The molecule has 1 atom stereocenters. The van der Waals surface area contributed by atoms with Crippen molar-refractivity contribution in [2.45, 2.75) is 24.7 Å². The molecule has 1 fully saturated rings. The van der Waals surface area contributed by atoms with E-state index in [2.05, 4.69) is 0 Å². The molecule has 100 valence electrons. The van der Waals surface area contributed by atoms with Crippen molar-refractivity contribution in [3.05, 3.63) is 24.0 Å². The summed E-state index contributed by atoms with van der Waals surface area (Å²) in [5, 5.41) is 0. The molecule has 1 unspecified atom stereocenters. The fourth-order valence-electron chi connectivity index (χ4n) is 2.25. The molecule has 0 aromatic heterocycles. The lowest BCUT2D eigenvalue weighted by Gasteiger charge is -2.30. The molecule has 0 bridgehead atoms. The number of nitrogens with zero attached hydrogens (tertiary/aromatic N) is 1. The summed E-state index contributed by atoms with van der Waals surface area (Å²) in [6.45, 7) is 2.96. The molecule has 1 aliphatic heterocycles. The number of anilines is 1. The van der Waals surface area contributed by atoms with Crippen molar-refractivity contribution in [3.63, 3.8) is 0 Å². The monoisotopic (exact) mass is 272 g/mol. The van der Waals surface area contributed by atoms with Crippen LogP contribution in [0.4, 0.5) is 10.1 Å². The van der Waals surface area contributed by atoms with E-state index < -0.39 is 15.8 Å². The summed E-state index contributed by atoms with van der Waals surface area (Å²) in [7, 11) is -3.68. The van der Waals surface area contributed by atoms with Crippen LogP contribution in [-0.4, -0.2) is 25.8 Å². The number of benzene rings is 1. The van der Waals surface area contributed by atoms with Gasteiger partial charge >= 0.3 is 0 Å². The first-order valence-electron chi connectivity index (χ1n) is 5.97. The van der Waals surface area contributed by atoms with Gasteiger partial charge in [-0.25, -0.2) is 12.8 Å². The second-order valence-corrected chi connectivity index (χ2v) is 6.67. The van der Waals surface area contributed by atoms with E-state index in [9.17, 15) is 12.8 Å². The summed E-state index contributed by atoms with van der Waals surface area (Å²) < 4.78 is 39.5. The number of para-hydroxylation sites is 1. The second-order valence-electron chi connectivity index (χ2n) is 4.76. The summed E-state index contributed by atoms with van der Waals surface area (Å²) in [5.74, 6) is -0.371. The summed E-state index contributed by atoms with van der Waals surface area (Å²) in [4.78, 5) is -0.128. The normalized spacial score (nSPS) is 22.0. The van der Waals surface area contributed by atoms with Crippen LogP contribution < -0.4 is 5.73 Å². The number of piperidine rings is 1. The van der Waals surface area contributed by atoms with Gasteiger partial charge in [0.05, 0.1) is 5.69 Å². The van der Waals surface area contributed by atoms with Gasteiger partial charge in [0.2, 0.25) is 10.0 Å². The first kappa shape index (κ1) is 13.3.